The van der Waals surface area contributed by atoms with E-state index in [1.54, 1.807) is 0 Å². The fraction of sp³-hybridized carbons (Fsp3) is 0.556. The van der Waals surface area contributed by atoms with E-state index >= 15 is 0 Å². The fourth-order valence-corrected chi connectivity index (χ4v) is 3.16. The number of esters is 1. The van der Waals surface area contributed by atoms with Crippen molar-refractivity contribution in [3.63, 3.8) is 0 Å². The Kier molecular flexibility index (Phi) is 4.95. The van der Waals surface area contributed by atoms with E-state index in [0.29, 0.717) is 5.82 Å². The molecule has 0 aliphatic heterocycles. The first kappa shape index (κ1) is 18.3. The van der Waals surface area contributed by atoms with Crippen molar-refractivity contribution in [2.45, 2.75) is 57.6 Å². The zero-order valence-electron chi connectivity index (χ0n) is 15.6. The van der Waals surface area contributed by atoms with Crippen molar-refractivity contribution in [1.29, 1.82) is 0 Å². The highest BCUT2D eigenvalue weighted by Gasteiger charge is 2.29. The van der Waals surface area contributed by atoms with Crippen LogP contribution in [0.4, 0.5) is 11.6 Å². The van der Waals surface area contributed by atoms with Crippen LogP contribution in [0.15, 0.2) is 18.5 Å². The number of hydrogen-bond acceptors (Lipinski definition) is 7. The summed E-state index contributed by atoms with van der Waals surface area (Å²) in [6, 6.07) is 2.00. The second kappa shape index (κ2) is 7.03. The van der Waals surface area contributed by atoms with Gasteiger partial charge in [0.2, 0.25) is 0 Å². The number of ether oxygens (including phenoxy) is 1. The molecule has 1 aliphatic rings. The summed E-state index contributed by atoms with van der Waals surface area (Å²) in [5.41, 5.74) is 0.901. The predicted octanol–water partition coefficient (Wildman–Crippen LogP) is 2.59. The minimum absolute atomic E-state index is 0.156. The second-order valence-electron chi connectivity index (χ2n) is 7.60. The van der Waals surface area contributed by atoms with Crippen LogP contribution in [0, 0.1) is 0 Å². The van der Waals surface area contributed by atoms with E-state index in [9.17, 15) is 9.90 Å². The number of aliphatic hydroxyl groups is 1. The van der Waals surface area contributed by atoms with Gasteiger partial charge in [-0.25, -0.2) is 19.4 Å². The third kappa shape index (κ3) is 3.85. The molecule has 0 bridgehead atoms. The molecule has 2 atom stereocenters. The largest absolute Gasteiger partial charge is 0.464 e. The van der Waals surface area contributed by atoms with Crippen molar-refractivity contribution in [3.05, 3.63) is 29.8 Å². The number of carbonyl (C=O) groups is 1. The number of rotatable bonds is 4. The van der Waals surface area contributed by atoms with Crippen LogP contribution in [0.5, 0.6) is 0 Å². The summed E-state index contributed by atoms with van der Waals surface area (Å²) in [5, 5.41) is 17.8. The van der Waals surface area contributed by atoms with Crippen molar-refractivity contribution in [1.82, 2.24) is 19.7 Å². The van der Waals surface area contributed by atoms with E-state index in [2.05, 4.69) is 40.8 Å². The van der Waals surface area contributed by atoms with Crippen LogP contribution in [0.3, 0.4) is 0 Å². The molecule has 8 nitrogen and oxygen atoms in total. The maximum atomic E-state index is 11.5. The molecule has 26 heavy (non-hydrogen) atoms. The van der Waals surface area contributed by atoms with Crippen molar-refractivity contribution in [2.24, 2.45) is 0 Å². The zero-order chi connectivity index (χ0) is 18.9. The summed E-state index contributed by atoms with van der Waals surface area (Å²) in [6.45, 7) is 6.22. The van der Waals surface area contributed by atoms with Gasteiger partial charge in [0.15, 0.2) is 5.69 Å². The highest BCUT2D eigenvalue weighted by molar-refractivity contribution is 5.86. The maximum Gasteiger partial charge on any atom is 0.358 e. The number of methoxy groups -OCH3 is 1. The van der Waals surface area contributed by atoms with Gasteiger partial charge in [0.05, 0.1) is 36.8 Å². The monoisotopic (exact) mass is 359 g/mol. The predicted molar refractivity (Wildman–Crippen MR) is 96.5 cm³/mol. The normalized spacial score (nSPS) is 20.2. The van der Waals surface area contributed by atoms with Crippen LogP contribution in [-0.4, -0.2) is 44.0 Å². The van der Waals surface area contributed by atoms with Gasteiger partial charge in [-0.05, 0) is 40.0 Å². The smallest absolute Gasteiger partial charge is 0.358 e. The quantitative estimate of drug-likeness (QED) is 0.809. The molecule has 2 aromatic heterocycles. The molecule has 2 aromatic rings. The van der Waals surface area contributed by atoms with Gasteiger partial charge < -0.3 is 15.2 Å². The van der Waals surface area contributed by atoms with E-state index in [0.717, 1.165) is 30.8 Å². The van der Waals surface area contributed by atoms with Crippen molar-refractivity contribution >= 4 is 17.6 Å². The first-order valence-corrected chi connectivity index (χ1v) is 8.74. The maximum absolute atomic E-state index is 11.5. The van der Waals surface area contributed by atoms with Crippen LogP contribution >= 0.6 is 0 Å². The van der Waals surface area contributed by atoms with Crippen molar-refractivity contribution in [2.75, 3.05) is 12.4 Å². The lowest BCUT2D eigenvalue weighted by molar-refractivity contribution is 0.0593. The lowest BCUT2D eigenvalue weighted by Gasteiger charge is -2.22. The van der Waals surface area contributed by atoms with Gasteiger partial charge in [-0.15, -0.1) is 0 Å². The van der Waals surface area contributed by atoms with E-state index in [-0.39, 0.29) is 23.3 Å². The third-order valence-electron chi connectivity index (χ3n) is 4.49. The minimum Gasteiger partial charge on any atom is -0.464 e. The molecule has 0 aromatic carbocycles. The van der Waals surface area contributed by atoms with Gasteiger partial charge in [0.25, 0.3) is 0 Å². The molecule has 0 spiro atoms. The molecule has 1 aliphatic carbocycles. The van der Waals surface area contributed by atoms with Crippen LogP contribution < -0.4 is 5.32 Å². The summed E-state index contributed by atoms with van der Waals surface area (Å²) >= 11 is 0. The number of aromatic nitrogens is 4. The van der Waals surface area contributed by atoms with Crippen LogP contribution in [-0.2, 0) is 10.3 Å². The SMILES string of the molecule is COC(=O)c1cnc(Nc2cc([C@H]3CC[C@@H](O)C3)nn2C(C)(C)C)cn1. The number of hydrogen-bond donors (Lipinski definition) is 2. The van der Waals surface area contributed by atoms with Crippen molar-refractivity contribution < 1.29 is 14.6 Å². The Bertz CT molecular complexity index is 779. The summed E-state index contributed by atoms with van der Waals surface area (Å²) in [5.74, 6) is 1.06. The van der Waals surface area contributed by atoms with E-state index in [1.807, 2.05) is 10.7 Å². The van der Waals surface area contributed by atoms with E-state index in [4.69, 9.17) is 5.10 Å². The van der Waals surface area contributed by atoms with Gasteiger partial charge in [-0.2, -0.15) is 5.10 Å². The van der Waals surface area contributed by atoms with Gasteiger partial charge >= 0.3 is 5.97 Å². The topological polar surface area (TPSA) is 102 Å². The average molecular weight is 359 g/mol. The first-order chi connectivity index (χ1) is 12.3. The molecule has 1 saturated carbocycles. The Morgan fingerprint density at radius 2 is 2.08 bits per heavy atom. The molecular weight excluding hydrogens is 334 g/mol. The molecule has 3 rings (SSSR count). The second-order valence-corrected chi connectivity index (χ2v) is 7.60. The molecule has 0 amide bonds. The van der Waals surface area contributed by atoms with Gasteiger partial charge in [0.1, 0.15) is 11.6 Å². The highest BCUT2D eigenvalue weighted by Crippen LogP contribution is 2.36. The molecule has 140 valence electrons. The highest BCUT2D eigenvalue weighted by atomic mass is 16.5. The molecule has 8 heteroatoms. The Hall–Kier alpha value is -2.48. The van der Waals surface area contributed by atoms with Crippen molar-refractivity contribution in [3.8, 4) is 0 Å². The van der Waals surface area contributed by atoms with Crippen LogP contribution in [0.1, 0.15) is 62.1 Å². The van der Waals surface area contributed by atoms with Crippen LogP contribution in [0.2, 0.25) is 0 Å². The lowest BCUT2D eigenvalue weighted by atomic mass is 10.0. The summed E-state index contributed by atoms with van der Waals surface area (Å²) in [4.78, 5) is 19.8. The van der Waals surface area contributed by atoms with E-state index in [1.165, 1.54) is 19.5 Å². The molecule has 2 heterocycles. The average Bonchev–Trinajstić information content (AvgIpc) is 3.21. The standard InChI is InChI=1S/C18H25N5O3/c1-18(2,3)23-16(8-13(22-23)11-5-6-12(24)7-11)21-15-10-19-14(9-20-15)17(25)26-4/h8-12,24H,5-7H2,1-4H3,(H,20,21)/t11-,12+/m0/s1. The van der Waals surface area contributed by atoms with Gasteiger partial charge in [-0.1, -0.05) is 0 Å². The van der Waals surface area contributed by atoms with Crippen LogP contribution in [0.25, 0.3) is 0 Å². The third-order valence-corrected chi connectivity index (χ3v) is 4.49. The summed E-state index contributed by atoms with van der Waals surface area (Å²) < 4.78 is 6.55. The Labute approximate surface area is 152 Å². The molecule has 2 N–H and O–H groups in total. The molecule has 0 saturated heterocycles. The number of aliphatic hydroxyl groups excluding tert-OH is 1. The van der Waals surface area contributed by atoms with Gasteiger partial charge in [-0.3, -0.25) is 0 Å². The molecule has 0 unspecified atom stereocenters. The molecule has 0 radical (unpaired) electrons. The zero-order valence-corrected chi connectivity index (χ0v) is 15.6. The Morgan fingerprint density at radius 1 is 1.31 bits per heavy atom. The fourth-order valence-electron chi connectivity index (χ4n) is 3.16. The van der Waals surface area contributed by atoms with E-state index < -0.39 is 5.97 Å². The molecular formula is C18H25N5O3. The van der Waals surface area contributed by atoms with Gasteiger partial charge in [0, 0.05) is 12.0 Å². The first-order valence-electron chi connectivity index (χ1n) is 8.74. The summed E-state index contributed by atoms with van der Waals surface area (Å²) in [7, 11) is 1.31. The lowest BCUT2D eigenvalue weighted by Crippen LogP contribution is -2.25. The number of carbonyl (C=O) groups excluding carboxylic acids is 1. The number of nitrogens with one attached hydrogen (secondary N) is 1. The Morgan fingerprint density at radius 3 is 2.62 bits per heavy atom. The number of anilines is 2. The number of nitrogens with zero attached hydrogens (tertiary/aromatic N) is 4. The minimum atomic E-state index is -0.522. The molecule has 1 fully saturated rings. The summed E-state index contributed by atoms with van der Waals surface area (Å²) in [6.07, 6.45) is 5.12. The Balaban J connectivity index is 1.86.